The molecule has 0 bridgehead atoms. The fourth-order valence-corrected chi connectivity index (χ4v) is 4.91. The fourth-order valence-electron chi connectivity index (χ4n) is 4.91. The fraction of sp³-hybridized carbons (Fsp3) is 0.560. The molecule has 2 amide bonds. The number of nitrogens with one attached hydrogen (secondary N) is 1. The van der Waals surface area contributed by atoms with Crippen LogP contribution in [0.15, 0.2) is 34.9 Å². The van der Waals surface area contributed by atoms with E-state index >= 15 is 0 Å². The van der Waals surface area contributed by atoms with Gasteiger partial charge < -0.3 is 19.8 Å². The molecule has 1 heterocycles. The molecule has 0 spiro atoms. The lowest BCUT2D eigenvalue weighted by Gasteiger charge is -2.34. The molecule has 0 saturated heterocycles. The van der Waals surface area contributed by atoms with Crippen molar-refractivity contribution in [2.24, 2.45) is 0 Å². The van der Waals surface area contributed by atoms with Crippen LogP contribution in [0.25, 0.3) is 0 Å². The number of aliphatic hydroxyl groups excluding tert-OH is 1. The van der Waals surface area contributed by atoms with E-state index in [1.54, 1.807) is 11.9 Å². The van der Waals surface area contributed by atoms with Crippen LogP contribution in [0.1, 0.15) is 61.6 Å². The number of aromatic nitrogens is 1. The van der Waals surface area contributed by atoms with Gasteiger partial charge in [-0.1, -0.05) is 35.5 Å². The first-order chi connectivity index (χ1) is 15.2. The quantitative estimate of drug-likeness (QED) is 0.644. The zero-order valence-corrected chi connectivity index (χ0v) is 19.6. The molecule has 0 unspecified atom stereocenters. The molecule has 1 aromatic carbocycles. The highest BCUT2D eigenvalue weighted by atomic mass is 16.5. The van der Waals surface area contributed by atoms with Crippen molar-refractivity contribution < 1.29 is 19.2 Å². The van der Waals surface area contributed by atoms with Gasteiger partial charge in [-0.25, -0.2) is 0 Å². The topological polar surface area (TPSA) is 95.7 Å². The zero-order chi connectivity index (χ0) is 23.3. The summed E-state index contributed by atoms with van der Waals surface area (Å²) in [5, 5.41) is 17.9. The second-order valence-electron chi connectivity index (χ2n) is 9.08. The van der Waals surface area contributed by atoms with Gasteiger partial charge in [0, 0.05) is 37.9 Å². The Balaban J connectivity index is 1.72. The van der Waals surface area contributed by atoms with E-state index < -0.39 is 6.10 Å². The third-order valence-electron chi connectivity index (χ3n) is 7.00. The maximum atomic E-state index is 13.0. The third kappa shape index (κ3) is 5.38. The highest BCUT2D eigenvalue weighted by molar-refractivity contribution is 5.76. The maximum Gasteiger partial charge on any atom is 0.222 e. The number of amides is 2. The first-order valence-electron chi connectivity index (χ1n) is 11.4. The van der Waals surface area contributed by atoms with Crippen LogP contribution in [0.3, 0.4) is 0 Å². The first kappa shape index (κ1) is 24.0. The highest BCUT2D eigenvalue weighted by Crippen LogP contribution is 2.39. The van der Waals surface area contributed by atoms with Gasteiger partial charge in [0.15, 0.2) is 0 Å². The van der Waals surface area contributed by atoms with Gasteiger partial charge in [0.2, 0.25) is 11.8 Å². The molecule has 1 aromatic heterocycles. The lowest BCUT2D eigenvalue weighted by molar-refractivity contribution is -0.134. The van der Waals surface area contributed by atoms with E-state index in [2.05, 4.69) is 22.6 Å². The summed E-state index contributed by atoms with van der Waals surface area (Å²) in [6.07, 6.45) is 3.08. The van der Waals surface area contributed by atoms with Crippen molar-refractivity contribution in [2.75, 3.05) is 13.6 Å². The number of carbonyl (C=O) groups excluding carboxylic acids is 2. The first-order valence-corrected chi connectivity index (χ1v) is 11.4. The molecule has 32 heavy (non-hydrogen) atoms. The Hall–Kier alpha value is -2.67. The van der Waals surface area contributed by atoms with Gasteiger partial charge in [0.25, 0.3) is 0 Å². The molecule has 1 aliphatic carbocycles. The smallest absolute Gasteiger partial charge is 0.222 e. The Labute approximate surface area is 190 Å². The molecule has 1 aliphatic rings. The van der Waals surface area contributed by atoms with Crippen LogP contribution >= 0.6 is 0 Å². The Kier molecular flexibility index (Phi) is 7.72. The van der Waals surface area contributed by atoms with Gasteiger partial charge in [0.05, 0.1) is 17.8 Å². The third-order valence-corrected chi connectivity index (χ3v) is 7.00. The van der Waals surface area contributed by atoms with Crippen molar-refractivity contribution in [1.29, 1.82) is 0 Å². The average molecular weight is 442 g/mol. The Morgan fingerprint density at radius 3 is 2.53 bits per heavy atom. The number of aliphatic hydroxyl groups is 1. The zero-order valence-electron chi connectivity index (χ0n) is 19.6. The maximum absolute atomic E-state index is 13.0. The van der Waals surface area contributed by atoms with Crippen LogP contribution in [-0.2, 0) is 21.4 Å². The van der Waals surface area contributed by atoms with Crippen LogP contribution in [0.2, 0.25) is 0 Å². The van der Waals surface area contributed by atoms with Gasteiger partial charge in [-0.05, 0) is 51.5 Å². The van der Waals surface area contributed by atoms with Crippen molar-refractivity contribution in [3.05, 3.63) is 52.9 Å². The lowest BCUT2D eigenvalue weighted by Crippen LogP contribution is -2.44. The normalized spacial score (nSPS) is 23.4. The van der Waals surface area contributed by atoms with E-state index in [1.165, 1.54) is 6.92 Å². The predicted octanol–water partition coefficient (Wildman–Crippen LogP) is 3.06. The summed E-state index contributed by atoms with van der Waals surface area (Å²) in [4.78, 5) is 26.3. The summed E-state index contributed by atoms with van der Waals surface area (Å²) in [6.45, 7) is 5.79. The van der Waals surface area contributed by atoms with E-state index in [-0.39, 0.29) is 23.3 Å². The number of aryl methyl sites for hydroxylation is 2. The van der Waals surface area contributed by atoms with Crippen LogP contribution < -0.4 is 5.32 Å². The van der Waals surface area contributed by atoms with Gasteiger partial charge >= 0.3 is 0 Å². The molecule has 7 nitrogen and oxygen atoms in total. The van der Waals surface area contributed by atoms with Crippen molar-refractivity contribution in [3.8, 4) is 0 Å². The van der Waals surface area contributed by atoms with Crippen molar-refractivity contribution in [3.63, 3.8) is 0 Å². The number of benzene rings is 1. The summed E-state index contributed by atoms with van der Waals surface area (Å²) in [7, 11) is 1.78. The number of hydrogen-bond donors (Lipinski definition) is 2. The lowest BCUT2D eigenvalue weighted by atomic mass is 9.74. The molecule has 174 valence electrons. The van der Waals surface area contributed by atoms with Crippen molar-refractivity contribution in [2.45, 2.75) is 76.9 Å². The van der Waals surface area contributed by atoms with Crippen LogP contribution in [0.5, 0.6) is 0 Å². The van der Waals surface area contributed by atoms with Crippen LogP contribution in [-0.4, -0.2) is 52.7 Å². The van der Waals surface area contributed by atoms with Gasteiger partial charge in [-0.15, -0.1) is 0 Å². The minimum absolute atomic E-state index is 0.00289. The number of nitrogens with zero attached hydrogens (tertiary/aromatic N) is 2. The number of likely N-dealkylation sites (N-methyl/N-ethyl adjacent to an activating group) is 1. The number of hydrogen-bond acceptors (Lipinski definition) is 5. The molecule has 2 N–H and O–H groups in total. The Morgan fingerprint density at radius 2 is 1.91 bits per heavy atom. The van der Waals surface area contributed by atoms with E-state index in [0.717, 1.165) is 35.4 Å². The molecule has 1 saturated carbocycles. The summed E-state index contributed by atoms with van der Waals surface area (Å²) < 4.78 is 5.20. The van der Waals surface area contributed by atoms with E-state index in [9.17, 15) is 14.7 Å². The Morgan fingerprint density at radius 1 is 1.22 bits per heavy atom. The van der Waals surface area contributed by atoms with Crippen molar-refractivity contribution >= 4 is 11.8 Å². The summed E-state index contributed by atoms with van der Waals surface area (Å²) in [5.74, 6) is 0.689. The summed E-state index contributed by atoms with van der Waals surface area (Å²) in [5.41, 5.74) is 2.70. The Bertz CT molecular complexity index is 907. The average Bonchev–Trinajstić information content (AvgIpc) is 3.00. The summed E-state index contributed by atoms with van der Waals surface area (Å²) in [6, 6.07) is 9.92. The molecule has 3 atom stereocenters. The minimum atomic E-state index is -0.606. The van der Waals surface area contributed by atoms with Gasteiger partial charge in [-0.3, -0.25) is 9.59 Å². The molecule has 7 heteroatoms. The molecular weight excluding hydrogens is 406 g/mol. The number of rotatable bonds is 7. The van der Waals surface area contributed by atoms with E-state index in [4.69, 9.17) is 4.52 Å². The largest absolute Gasteiger partial charge is 0.391 e. The second-order valence-corrected chi connectivity index (χ2v) is 9.08. The van der Waals surface area contributed by atoms with E-state index in [1.807, 2.05) is 32.0 Å². The van der Waals surface area contributed by atoms with Crippen molar-refractivity contribution in [1.82, 2.24) is 15.4 Å². The van der Waals surface area contributed by atoms with E-state index in [0.29, 0.717) is 32.2 Å². The molecule has 2 aromatic rings. The molecule has 3 rings (SSSR count). The van der Waals surface area contributed by atoms with Crippen LogP contribution in [0.4, 0.5) is 0 Å². The predicted molar refractivity (Wildman–Crippen MR) is 122 cm³/mol. The van der Waals surface area contributed by atoms with Gasteiger partial charge in [-0.2, -0.15) is 0 Å². The minimum Gasteiger partial charge on any atom is -0.391 e. The summed E-state index contributed by atoms with van der Waals surface area (Å²) >= 11 is 0. The van der Waals surface area contributed by atoms with Crippen LogP contribution in [0, 0.1) is 13.8 Å². The highest BCUT2D eigenvalue weighted by Gasteiger charge is 2.39. The molecule has 0 radical (unpaired) electrons. The monoisotopic (exact) mass is 441 g/mol. The standard InChI is InChI=1S/C25H35N3O4/c1-17-21(18(2)32-27-17)10-11-24(31)28(4)22-12-14-25(15-13-23(22)30,16-26-19(3)29)20-8-6-5-7-9-20/h5-9,22-23,30H,10-16H2,1-4H3,(H,26,29)/t22-,23-,25-/m1/s1. The molecule has 1 fully saturated rings. The molecular formula is C25H35N3O4. The molecule has 0 aliphatic heterocycles. The SMILES string of the molecule is CC(=O)NC[C@]1(c2ccccc2)CC[C@@H](O)[C@H](N(C)C(=O)CCc2c(C)noc2C)CC1. The second kappa shape index (κ2) is 10.3. The van der Waals surface area contributed by atoms with Gasteiger partial charge in [0.1, 0.15) is 5.76 Å². The number of carbonyl (C=O) groups is 2.